The number of rotatable bonds is 4. The maximum absolute atomic E-state index is 14.7. The van der Waals surface area contributed by atoms with Gasteiger partial charge in [-0.2, -0.15) is 0 Å². The van der Waals surface area contributed by atoms with E-state index in [1.807, 2.05) is 17.5 Å². The van der Waals surface area contributed by atoms with Crippen LogP contribution in [-0.2, 0) is 6.54 Å². The van der Waals surface area contributed by atoms with Gasteiger partial charge in [0, 0.05) is 34.8 Å². The SMILES string of the molecule is N[C@@H]1CCCC(F)(F)[C@H]1c1sc2c(NCc3cccs3)cc(Cl)nc2c1Br. The second-order valence-electron chi connectivity index (χ2n) is 6.68. The highest BCUT2D eigenvalue weighted by Gasteiger charge is 2.48. The molecule has 0 bridgehead atoms. The Balaban J connectivity index is 1.77. The van der Waals surface area contributed by atoms with Crippen LogP contribution in [-0.4, -0.2) is 16.9 Å². The summed E-state index contributed by atoms with van der Waals surface area (Å²) in [4.78, 5) is 6.10. The van der Waals surface area contributed by atoms with Crippen LogP contribution in [0.15, 0.2) is 28.1 Å². The van der Waals surface area contributed by atoms with Crippen LogP contribution >= 0.6 is 50.2 Å². The van der Waals surface area contributed by atoms with Crippen LogP contribution < -0.4 is 11.1 Å². The van der Waals surface area contributed by atoms with Gasteiger partial charge in [0.1, 0.15) is 5.15 Å². The predicted molar refractivity (Wildman–Crippen MR) is 113 cm³/mol. The fraction of sp³-hybridized carbons (Fsp3) is 0.389. The molecule has 0 radical (unpaired) electrons. The monoisotopic (exact) mass is 491 g/mol. The van der Waals surface area contributed by atoms with E-state index in [1.165, 1.54) is 16.2 Å². The number of thiophene rings is 2. The Morgan fingerprint density at radius 1 is 1.44 bits per heavy atom. The van der Waals surface area contributed by atoms with Crippen molar-refractivity contribution in [1.82, 2.24) is 4.98 Å². The van der Waals surface area contributed by atoms with Gasteiger partial charge in [-0.25, -0.2) is 13.8 Å². The first-order chi connectivity index (χ1) is 12.9. The van der Waals surface area contributed by atoms with Gasteiger partial charge >= 0.3 is 0 Å². The number of nitrogens with one attached hydrogen (secondary N) is 1. The Morgan fingerprint density at radius 3 is 2.96 bits per heavy atom. The lowest BCUT2D eigenvalue weighted by Gasteiger charge is -2.35. The van der Waals surface area contributed by atoms with E-state index in [-0.39, 0.29) is 6.42 Å². The first-order valence-electron chi connectivity index (χ1n) is 8.55. The Hall–Kier alpha value is -0.800. The van der Waals surface area contributed by atoms with Crippen molar-refractivity contribution in [3.05, 3.63) is 43.0 Å². The minimum Gasteiger partial charge on any atom is -0.379 e. The number of pyridine rings is 1. The summed E-state index contributed by atoms with van der Waals surface area (Å²) in [6, 6.07) is 5.19. The summed E-state index contributed by atoms with van der Waals surface area (Å²) in [5, 5.41) is 5.70. The van der Waals surface area contributed by atoms with Gasteiger partial charge in [0.15, 0.2) is 0 Å². The van der Waals surface area contributed by atoms with Crippen LogP contribution in [0.4, 0.5) is 14.5 Å². The average Bonchev–Trinajstić information content (AvgIpc) is 3.22. The number of hydrogen-bond donors (Lipinski definition) is 2. The van der Waals surface area contributed by atoms with E-state index in [1.54, 1.807) is 17.4 Å². The van der Waals surface area contributed by atoms with Crippen molar-refractivity contribution >= 4 is 66.1 Å². The van der Waals surface area contributed by atoms with Crippen molar-refractivity contribution in [1.29, 1.82) is 0 Å². The third-order valence-corrected chi connectivity index (χ3v) is 8.25. The van der Waals surface area contributed by atoms with Gasteiger partial charge in [0.25, 0.3) is 5.92 Å². The number of alkyl halides is 2. The number of hydrogen-bond acceptors (Lipinski definition) is 5. The maximum atomic E-state index is 14.7. The molecular weight excluding hydrogens is 476 g/mol. The number of nitrogens with two attached hydrogens (primary N) is 1. The zero-order valence-corrected chi connectivity index (χ0v) is 18.1. The molecule has 0 spiro atoms. The summed E-state index contributed by atoms with van der Waals surface area (Å²) >= 11 is 12.7. The molecule has 0 unspecified atom stereocenters. The second kappa shape index (κ2) is 7.55. The quantitative estimate of drug-likeness (QED) is 0.403. The first-order valence-corrected chi connectivity index (χ1v) is 11.4. The van der Waals surface area contributed by atoms with Crippen LogP contribution in [0.25, 0.3) is 10.2 Å². The molecule has 144 valence electrons. The maximum Gasteiger partial charge on any atom is 0.257 e. The molecule has 3 aromatic heterocycles. The molecule has 0 aromatic carbocycles. The van der Waals surface area contributed by atoms with Crippen molar-refractivity contribution in [2.75, 3.05) is 5.32 Å². The lowest BCUT2D eigenvalue weighted by molar-refractivity contribution is -0.0603. The summed E-state index contributed by atoms with van der Waals surface area (Å²) in [7, 11) is 0. The topological polar surface area (TPSA) is 50.9 Å². The van der Waals surface area contributed by atoms with Gasteiger partial charge in [0.2, 0.25) is 0 Å². The Morgan fingerprint density at radius 2 is 2.26 bits per heavy atom. The number of nitrogens with zero attached hydrogens (tertiary/aromatic N) is 1. The third-order valence-electron chi connectivity index (χ3n) is 4.82. The van der Waals surface area contributed by atoms with E-state index in [0.717, 1.165) is 10.4 Å². The molecule has 9 heteroatoms. The Bertz CT molecular complexity index is 961. The molecule has 2 atom stereocenters. The normalized spacial score (nSPS) is 22.3. The largest absolute Gasteiger partial charge is 0.379 e. The van der Waals surface area contributed by atoms with Gasteiger partial charge in [-0.3, -0.25) is 0 Å². The van der Waals surface area contributed by atoms with Crippen molar-refractivity contribution in [3.8, 4) is 0 Å². The third kappa shape index (κ3) is 3.74. The van der Waals surface area contributed by atoms with Gasteiger partial charge in [-0.15, -0.1) is 22.7 Å². The molecular formula is C18H17BrClF2N3S2. The highest BCUT2D eigenvalue weighted by atomic mass is 79.9. The fourth-order valence-electron chi connectivity index (χ4n) is 3.55. The van der Waals surface area contributed by atoms with E-state index in [9.17, 15) is 8.78 Å². The van der Waals surface area contributed by atoms with E-state index < -0.39 is 17.9 Å². The highest BCUT2D eigenvalue weighted by Crippen LogP contribution is 2.51. The van der Waals surface area contributed by atoms with Crippen molar-refractivity contribution in [2.45, 2.75) is 43.7 Å². The predicted octanol–water partition coefficient (Wildman–Crippen LogP) is 6.62. The second-order valence-corrected chi connectivity index (χ2v) is 9.94. The van der Waals surface area contributed by atoms with Crippen LogP contribution in [0.1, 0.15) is 34.9 Å². The number of anilines is 1. The van der Waals surface area contributed by atoms with Crippen LogP contribution in [0.3, 0.4) is 0 Å². The van der Waals surface area contributed by atoms with Crippen LogP contribution in [0, 0.1) is 0 Å². The molecule has 0 aliphatic heterocycles. The van der Waals surface area contributed by atoms with Crippen molar-refractivity contribution in [2.24, 2.45) is 5.73 Å². The van der Waals surface area contributed by atoms with E-state index in [2.05, 4.69) is 26.2 Å². The molecule has 1 saturated carbocycles. The molecule has 0 amide bonds. The first kappa shape index (κ1) is 19.5. The molecule has 1 aliphatic rings. The molecule has 3 aromatic rings. The lowest BCUT2D eigenvalue weighted by atomic mass is 9.81. The zero-order chi connectivity index (χ0) is 19.2. The Labute approximate surface area is 177 Å². The molecule has 0 saturated heterocycles. The van der Waals surface area contributed by atoms with Gasteiger partial charge in [0.05, 0.1) is 26.3 Å². The summed E-state index contributed by atoms with van der Waals surface area (Å²) in [6.07, 6.45) is 0.910. The fourth-order valence-corrected chi connectivity index (χ4v) is 6.66. The molecule has 4 rings (SSSR count). The van der Waals surface area contributed by atoms with Crippen LogP contribution in [0.5, 0.6) is 0 Å². The smallest absolute Gasteiger partial charge is 0.257 e. The minimum absolute atomic E-state index is 0.135. The molecule has 3 nitrogen and oxygen atoms in total. The van der Waals surface area contributed by atoms with E-state index >= 15 is 0 Å². The minimum atomic E-state index is -2.82. The molecule has 1 aliphatic carbocycles. The average molecular weight is 493 g/mol. The van der Waals surface area contributed by atoms with Crippen molar-refractivity contribution in [3.63, 3.8) is 0 Å². The summed E-state index contributed by atoms with van der Waals surface area (Å²) in [6.45, 7) is 0.636. The van der Waals surface area contributed by atoms with Gasteiger partial charge in [-0.1, -0.05) is 17.7 Å². The van der Waals surface area contributed by atoms with Crippen molar-refractivity contribution < 1.29 is 8.78 Å². The zero-order valence-electron chi connectivity index (χ0n) is 14.1. The number of halogens is 4. The Kier molecular flexibility index (Phi) is 5.46. The summed E-state index contributed by atoms with van der Waals surface area (Å²) < 4.78 is 30.7. The van der Waals surface area contributed by atoms with E-state index in [4.69, 9.17) is 17.3 Å². The molecule has 1 fully saturated rings. The standard InChI is InChI=1S/C18H17BrClF2N3S2/c19-14-15-16(27-17(14)13-10(23)4-1-5-18(13,21)22)11(7-12(20)25-15)24-8-9-3-2-6-26-9/h2-3,6-7,10,13H,1,4-5,8,23H2,(H,24,25)/t10-,13-/m1/s1. The number of aromatic nitrogens is 1. The lowest BCUT2D eigenvalue weighted by Crippen LogP contribution is -2.43. The summed E-state index contributed by atoms with van der Waals surface area (Å²) in [5.74, 6) is -3.83. The van der Waals surface area contributed by atoms with Gasteiger partial charge in [-0.05, 0) is 40.2 Å². The molecule has 27 heavy (non-hydrogen) atoms. The van der Waals surface area contributed by atoms with Crippen LogP contribution in [0.2, 0.25) is 5.15 Å². The molecule has 3 heterocycles. The highest BCUT2D eigenvalue weighted by molar-refractivity contribution is 9.10. The van der Waals surface area contributed by atoms with Gasteiger partial charge < -0.3 is 11.1 Å². The molecule has 3 N–H and O–H groups in total. The summed E-state index contributed by atoms with van der Waals surface area (Å²) in [5.41, 5.74) is 7.51. The number of fused-ring (bicyclic) bond motifs is 1. The van der Waals surface area contributed by atoms with E-state index in [0.29, 0.717) is 39.4 Å².